The molecule has 4 rings (SSSR count). The van der Waals surface area contributed by atoms with Gasteiger partial charge in [0.2, 0.25) is 0 Å². The minimum Gasteiger partial charge on any atom is -0.374 e. The summed E-state index contributed by atoms with van der Waals surface area (Å²) in [7, 11) is 0. The molecule has 1 aliphatic rings. The molecule has 1 atom stereocenters. The number of amides is 1. The number of carbonyl (C=O) groups is 1. The van der Waals surface area contributed by atoms with Crippen LogP contribution in [0, 0.1) is 6.92 Å². The van der Waals surface area contributed by atoms with Gasteiger partial charge in [0, 0.05) is 40.0 Å². The van der Waals surface area contributed by atoms with E-state index < -0.39 is 18.2 Å². The second-order valence-corrected chi connectivity index (χ2v) is 8.54. The van der Waals surface area contributed by atoms with Crippen molar-refractivity contribution in [3.8, 4) is 0 Å². The Morgan fingerprint density at radius 1 is 1.12 bits per heavy atom. The van der Waals surface area contributed by atoms with Gasteiger partial charge in [0.25, 0.3) is 11.5 Å². The molecule has 11 heteroatoms. The highest BCUT2D eigenvalue weighted by molar-refractivity contribution is 6.34. The summed E-state index contributed by atoms with van der Waals surface area (Å²) in [6.07, 6.45) is -2.24. The number of hydrogen-bond acceptors (Lipinski definition) is 5. The van der Waals surface area contributed by atoms with E-state index in [0.29, 0.717) is 22.5 Å². The molecule has 0 fully saturated rings. The van der Waals surface area contributed by atoms with Gasteiger partial charge in [-0.05, 0) is 54.4 Å². The van der Waals surface area contributed by atoms with Crippen LogP contribution in [0.15, 0.2) is 60.0 Å². The van der Waals surface area contributed by atoms with Crippen molar-refractivity contribution in [3.63, 3.8) is 0 Å². The van der Waals surface area contributed by atoms with Crippen molar-refractivity contribution in [2.45, 2.75) is 31.7 Å². The third-order valence-electron chi connectivity index (χ3n) is 5.35. The highest BCUT2D eigenvalue weighted by Gasteiger charge is 2.62. The number of oxime groups is 1. The molecule has 0 saturated carbocycles. The molecule has 0 spiro atoms. The first-order valence-electron chi connectivity index (χ1n) is 10.0. The maximum atomic E-state index is 14.2. The molecule has 1 unspecified atom stereocenters. The summed E-state index contributed by atoms with van der Waals surface area (Å²) in [6.45, 7) is 1.82. The highest BCUT2D eigenvalue weighted by atomic mass is 35.5. The van der Waals surface area contributed by atoms with E-state index in [2.05, 4.69) is 20.4 Å². The fourth-order valence-corrected chi connectivity index (χ4v) is 4.15. The van der Waals surface area contributed by atoms with Crippen LogP contribution >= 0.6 is 23.2 Å². The number of nitrogens with one attached hydrogen (secondary N) is 1. The first kappa shape index (κ1) is 24.0. The molecule has 34 heavy (non-hydrogen) atoms. The molecular formula is C23H17Cl2F3N4O2. The minimum atomic E-state index is -4.79. The van der Waals surface area contributed by atoms with E-state index in [0.717, 1.165) is 12.1 Å². The van der Waals surface area contributed by atoms with Gasteiger partial charge in [-0.3, -0.25) is 4.79 Å². The Morgan fingerprint density at radius 2 is 1.79 bits per heavy atom. The first-order valence-corrected chi connectivity index (χ1v) is 10.8. The Labute approximate surface area is 202 Å². The summed E-state index contributed by atoms with van der Waals surface area (Å²) in [6, 6.07) is 9.97. The fourth-order valence-electron chi connectivity index (χ4n) is 3.62. The normalized spacial score (nSPS) is 17.8. The van der Waals surface area contributed by atoms with Gasteiger partial charge in [0.15, 0.2) is 0 Å². The van der Waals surface area contributed by atoms with Crippen LogP contribution in [0.1, 0.15) is 39.3 Å². The second-order valence-electron chi connectivity index (χ2n) is 7.67. The zero-order valence-corrected chi connectivity index (χ0v) is 19.2. The van der Waals surface area contributed by atoms with Crippen molar-refractivity contribution in [3.05, 3.63) is 93.0 Å². The van der Waals surface area contributed by atoms with Gasteiger partial charge in [-0.1, -0.05) is 34.4 Å². The van der Waals surface area contributed by atoms with Gasteiger partial charge in [-0.15, -0.1) is 0 Å². The van der Waals surface area contributed by atoms with Crippen molar-refractivity contribution in [2.24, 2.45) is 5.16 Å². The zero-order valence-electron chi connectivity index (χ0n) is 17.7. The fraction of sp³-hybridized carbons (Fsp3) is 0.217. The van der Waals surface area contributed by atoms with Crippen molar-refractivity contribution in [1.29, 1.82) is 0 Å². The molecule has 1 aromatic heterocycles. The number of carbonyl (C=O) groups excluding carboxylic acids is 1. The molecule has 2 heterocycles. The summed E-state index contributed by atoms with van der Waals surface area (Å²) in [5, 5.41) is 6.57. The molecule has 0 aliphatic carbocycles. The smallest absolute Gasteiger partial charge is 0.374 e. The number of rotatable bonds is 5. The number of alkyl halides is 3. The number of aromatic nitrogens is 2. The molecule has 2 aromatic carbocycles. The van der Waals surface area contributed by atoms with E-state index in [1.165, 1.54) is 18.2 Å². The largest absolute Gasteiger partial charge is 0.435 e. The molecule has 0 bridgehead atoms. The highest BCUT2D eigenvalue weighted by Crippen LogP contribution is 2.49. The lowest BCUT2D eigenvalue weighted by Crippen LogP contribution is -2.42. The Balaban J connectivity index is 1.56. The lowest BCUT2D eigenvalue weighted by Gasteiger charge is -2.29. The monoisotopic (exact) mass is 508 g/mol. The van der Waals surface area contributed by atoms with Crippen LogP contribution in [0.2, 0.25) is 10.0 Å². The molecule has 0 saturated heterocycles. The standard InChI is InChI=1S/C23H17Cl2F3N4O2/c1-13-7-14(3-4-18(13)21(33)31-12-20-29-5-2-6-30-20)19-11-22(34-32-19,23(26,27)28)15-8-16(24)10-17(25)9-15/h2-10H,11-12H2,1H3,(H,31,33). The van der Waals surface area contributed by atoms with E-state index in [-0.39, 0.29) is 33.8 Å². The lowest BCUT2D eigenvalue weighted by molar-refractivity contribution is -0.275. The number of benzene rings is 2. The van der Waals surface area contributed by atoms with Gasteiger partial charge in [0.1, 0.15) is 5.82 Å². The maximum Gasteiger partial charge on any atom is 0.435 e. The average Bonchev–Trinajstić information content (AvgIpc) is 3.25. The van der Waals surface area contributed by atoms with E-state index in [9.17, 15) is 18.0 Å². The Morgan fingerprint density at radius 3 is 2.41 bits per heavy atom. The third kappa shape index (κ3) is 4.71. The topological polar surface area (TPSA) is 76.5 Å². The molecular weight excluding hydrogens is 492 g/mol. The summed E-state index contributed by atoms with van der Waals surface area (Å²) in [5.74, 6) is 0.0894. The summed E-state index contributed by atoms with van der Waals surface area (Å²) < 4.78 is 42.5. The summed E-state index contributed by atoms with van der Waals surface area (Å²) in [5.41, 5.74) is -1.56. The van der Waals surface area contributed by atoms with Crippen molar-refractivity contribution >= 4 is 34.8 Å². The Hall–Kier alpha value is -3.17. The van der Waals surface area contributed by atoms with Gasteiger partial charge in [0.05, 0.1) is 12.3 Å². The number of nitrogens with zero attached hydrogens (tertiary/aromatic N) is 3. The molecule has 0 radical (unpaired) electrons. The van der Waals surface area contributed by atoms with Gasteiger partial charge < -0.3 is 10.2 Å². The van der Waals surface area contributed by atoms with E-state index in [4.69, 9.17) is 28.0 Å². The van der Waals surface area contributed by atoms with Gasteiger partial charge in [-0.25, -0.2) is 9.97 Å². The average molecular weight is 509 g/mol. The van der Waals surface area contributed by atoms with Crippen molar-refractivity contribution in [1.82, 2.24) is 15.3 Å². The van der Waals surface area contributed by atoms with Crippen LogP contribution in [0.3, 0.4) is 0 Å². The van der Waals surface area contributed by atoms with Crippen LogP contribution in [0.25, 0.3) is 0 Å². The summed E-state index contributed by atoms with van der Waals surface area (Å²) >= 11 is 11.9. The van der Waals surface area contributed by atoms with Crippen molar-refractivity contribution in [2.75, 3.05) is 0 Å². The SMILES string of the molecule is Cc1cc(C2=NOC(c3cc(Cl)cc(Cl)c3)(C(F)(F)F)C2)ccc1C(=O)NCc1ncccn1. The van der Waals surface area contributed by atoms with E-state index in [1.54, 1.807) is 31.5 Å². The quantitative estimate of drug-likeness (QED) is 0.486. The van der Waals surface area contributed by atoms with E-state index in [1.807, 2.05) is 0 Å². The minimum absolute atomic E-state index is 0.0512. The molecule has 1 aliphatic heterocycles. The molecule has 3 aromatic rings. The number of halogens is 5. The van der Waals surface area contributed by atoms with Gasteiger partial charge >= 0.3 is 6.18 Å². The van der Waals surface area contributed by atoms with Crippen LogP contribution < -0.4 is 5.32 Å². The van der Waals surface area contributed by atoms with Crippen LogP contribution in [-0.4, -0.2) is 27.8 Å². The molecule has 176 valence electrons. The van der Waals surface area contributed by atoms with Crippen LogP contribution in [0.5, 0.6) is 0 Å². The lowest BCUT2D eigenvalue weighted by atomic mass is 9.86. The first-order chi connectivity index (χ1) is 16.1. The molecule has 1 N–H and O–H groups in total. The van der Waals surface area contributed by atoms with Crippen LogP contribution in [-0.2, 0) is 17.0 Å². The number of hydrogen-bond donors (Lipinski definition) is 1. The maximum absolute atomic E-state index is 14.2. The Bertz CT molecular complexity index is 1250. The van der Waals surface area contributed by atoms with Crippen LogP contribution in [0.4, 0.5) is 13.2 Å². The molecule has 6 nitrogen and oxygen atoms in total. The Kier molecular flexibility index (Phi) is 6.51. The molecule has 1 amide bonds. The summed E-state index contributed by atoms with van der Waals surface area (Å²) in [4.78, 5) is 25.7. The predicted molar refractivity (Wildman–Crippen MR) is 121 cm³/mol. The second kappa shape index (κ2) is 9.23. The van der Waals surface area contributed by atoms with Gasteiger partial charge in [-0.2, -0.15) is 13.2 Å². The third-order valence-corrected chi connectivity index (χ3v) is 5.78. The zero-order chi connectivity index (χ0) is 24.5. The van der Waals surface area contributed by atoms with Crippen molar-refractivity contribution < 1.29 is 22.8 Å². The number of aryl methyl sites for hydroxylation is 1. The van der Waals surface area contributed by atoms with E-state index >= 15 is 0 Å². The predicted octanol–water partition coefficient (Wildman–Crippen LogP) is 5.60.